The second kappa shape index (κ2) is 17.2. The Morgan fingerprint density at radius 1 is 0.577 bits per heavy atom. The van der Waals surface area contributed by atoms with E-state index in [9.17, 15) is 0 Å². The van der Waals surface area contributed by atoms with E-state index in [0.29, 0.717) is 0 Å². The van der Waals surface area contributed by atoms with Gasteiger partial charge in [0.05, 0.1) is 6.61 Å². The van der Waals surface area contributed by atoms with Crippen molar-refractivity contribution in [2.75, 3.05) is 12.3 Å². The topological polar surface area (TPSA) is 35.2 Å². The van der Waals surface area contributed by atoms with Crippen LogP contribution < -0.4 is 10.5 Å². The summed E-state index contributed by atoms with van der Waals surface area (Å²) in [6.07, 6.45) is 22.4. The van der Waals surface area contributed by atoms with Crippen molar-refractivity contribution in [3.05, 3.63) is 24.3 Å². The molecule has 2 N–H and O–H groups in total. The molecule has 0 aliphatic rings. The number of nitrogens with two attached hydrogens (primary N) is 1. The highest BCUT2D eigenvalue weighted by Crippen LogP contribution is 2.15. The molecule has 0 aliphatic heterocycles. The van der Waals surface area contributed by atoms with Crippen LogP contribution in [-0.4, -0.2) is 6.61 Å². The molecule has 0 heterocycles. The number of ether oxygens (including phenoxy) is 1. The van der Waals surface area contributed by atoms with Crippen LogP contribution >= 0.6 is 0 Å². The fourth-order valence-corrected chi connectivity index (χ4v) is 3.40. The molecule has 0 bridgehead atoms. The number of hydrogen-bond acceptors (Lipinski definition) is 2. The normalized spacial score (nSPS) is 11.0. The van der Waals surface area contributed by atoms with Gasteiger partial charge < -0.3 is 10.5 Å². The largest absolute Gasteiger partial charge is 0.494 e. The maximum atomic E-state index is 5.72. The van der Waals surface area contributed by atoms with Gasteiger partial charge in [-0.3, -0.25) is 0 Å². The van der Waals surface area contributed by atoms with Gasteiger partial charge in [-0.25, -0.2) is 0 Å². The lowest BCUT2D eigenvalue weighted by atomic mass is 10.0. The number of unbranched alkanes of at least 4 members (excludes halogenated alkanes) is 15. The van der Waals surface area contributed by atoms with E-state index in [2.05, 4.69) is 6.92 Å². The lowest BCUT2D eigenvalue weighted by molar-refractivity contribution is 0.304. The molecular formula is C24H43NO. The highest BCUT2D eigenvalue weighted by molar-refractivity contribution is 5.41. The van der Waals surface area contributed by atoms with E-state index in [1.54, 1.807) is 0 Å². The van der Waals surface area contributed by atoms with Crippen molar-refractivity contribution < 1.29 is 4.74 Å². The third-order valence-electron chi connectivity index (χ3n) is 5.15. The summed E-state index contributed by atoms with van der Waals surface area (Å²) in [7, 11) is 0. The lowest BCUT2D eigenvalue weighted by Crippen LogP contribution is -1.97. The zero-order valence-corrected chi connectivity index (χ0v) is 17.3. The molecule has 0 amide bonds. The Bertz CT molecular complexity index is 401. The molecule has 2 nitrogen and oxygen atoms in total. The Balaban J connectivity index is 1.72. The second-order valence-corrected chi connectivity index (χ2v) is 7.72. The van der Waals surface area contributed by atoms with Crippen LogP contribution in [0.15, 0.2) is 24.3 Å². The molecule has 26 heavy (non-hydrogen) atoms. The predicted octanol–water partition coefficient (Wildman–Crippen LogP) is 7.91. The minimum Gasteiger partial charge on any atom is -0.494 e. The summed E-state index contributed by atoms with van der Waals surface area (Å²) in [5.41, 5.74) is 6.46. The van der Waals surface area contributed by atoms with Gasteiger partial charge in [0.2, 0.25) is 0 Å². The minimum absolute atomic E-state index is 0.791. The Labute approximate surface area is 162 Å². The fraction of sp³-hybridized carbons (Fsp3) is 0.750. The number of benzene rings is 1. The summed E-state index contributed by atoms with van der Waals surface area (Å²) in [6.45, 7) is 3.11. The molecule has 1 aromatic rings. The maximum Gasteiger partial charge on any atom is 0.119 e. The zero-order chi connectivity index (χ0) is 18.7. The number of rotatable bonds is 18. The van der Waals surface area contributed by atoms with E-state index >= 15 is 0 Å². The highest BCUT2D eigenvalue weighted by atomic mass is 16.5. The SMILES string of the molecule is CCCCCCCCCCCCCCCCCCOc1ccc(N)cc1. The molecule has 1 rings (SSSR count). The number of nitrogen functional groups attached to an aromatic ring is 1. The van der Waals surface area contributed by atoms with Crippen molar-refractivity contribution in [2.45, 2.75) is 110 Å². The van der Waals surface area contributed by atoms with Crippen LogP contribution in [0.4, 0.5) is 5.69 Å². The molecular weight excluding hydrogens is 318 g/mol. The average Bonchev–Trinajstić information content (AvgIpc) is 2.66. The van der Waals surface area contributed by atoms with Crippen LogP contribution in [0.25, 0.3) is 0 Å². The summed E-state index contributed by atoms with van der Waals surface area (Å²) in [5.74, 6) is 0.931. The van der Waals surface area contributed by atoms with Gasteiger partial charge in [-0.2, -0.15) is 0 Å². The molecule has 1 aromatic carbocycles. The first-order chi connectivity index (χ1) is 12.8. The van der Waals surface area contributed by atoms with Gasteiger partial charge in [0.15, 0.2) is 0 Å². The third-order valence-corrected chi connectivity index (χ3v) is 5.15. The Kier molecular flexibility index (Phi) is 15.2. The van der Waals surface area contributed by atoms with Gasteiger partial charge in [0.25, 0.3) is 0 Å². The standard InChI is InChI=1S/C24H43NO/c1-2-3-4-5-6-7-8-9-10-11-12-13-14-15-16-17-22-26-24-20-18-23(25)19-21-24/h18-21H,2-17,22,25H2,1H3. The molecule has 0 atom stereocenters. The number of anilines is 1. The van der Waals surface area contributed by atoms with E-state index in [-0.39, 0.29) is 0 Å². The Morgan fingerprint density at radius 2 is 0.962 bits per heavy atom. The van der Waals surface area contributed by atoms with Crippen LogP contribution in [0.5, 0.6) is 5.75 Å². The molecule has 150 valence electrons. The van der Waals surface area contributed by atoms with Gasteiger partial charge in [-0.1, -0.05) is 103 Å². The first-order valence-electron chi connectivity index (χ1n) is 11.3. The molecule has 0 spiro atoms. The molecule has 0 unspecified atom stereocenters. The second-order valence-electron chi connectivity index (χ2n) is 7.72. The van der Waals surface area contributed by atoms with E-state index in [1.165, 1.54) is 96.3 Å². The van der Waals surface area contributed by atoms with Crippen molar-refractivity contribution >= 4 is 5.69 Å². The highest BCUT2D eigenvalue weighted by Gasteiger charge is 1.96. The molecule has 0 aromatic heterocycles. The quantitative estimate of drug-likeness (QED) is 0.213. The van der Waals surface area contributed by atoms with Crippen LogP contribution in [0.3, 0.4) is 0 Å². The third kappa shape index (κ3) is 14.0. The van der Waals surface area contributed by atoms with E-state index in [1.807, 2.05) is 24.3 Å². The van der Waals surface area contributed by atoms with E-state index in [0.717, 1.165) is 24.5 Å². The van der Waals surface area contributed by atoms with E-state index < -0.39 is 0 Å². The molecule has 0 radical (unpaired) electrons. The molecule has 0 saturated carbocycles. The number of hydrogen-bond donors (Lipinski definition) is 1. The van der Waals surface area contributed by atoms with Crippen molar-refractivity contribution in [3.8, 4) is 5.75 Å². The van der Waals surface area contributed by atoms with Gasteiger partial charge in [-0.15, -0.1) is 0 Å². The van der Waals surface area contributed by atoms with Gasteiger partial charge >= 0.3 is 0 Å². The summed E-state index contributed by atoms with van der Waals surface area (Å²) < 4.78 is 5.72. The monoisotopic (exact) mass is 361 g/mol. The van der Waals surface area contributed by atoms with Crippen LogP contribution in [-0.2, 0) is 0 Å². The van der Waals surface area contributed by atoms with Crippen molar-refractivity contribution in [1.82, 2.24) is 0 Å². The summed E-state index contributed by atoms with van der Waals surface area (Å²) in [6, 6.07) is 7.68. The summed E-state index contributed by atoms with van der Waals surface area (Å²) in [4.78, 5) is 0. The first kappa shape index (κ1) is 22.9. The summed E-state index contributed by atoms with van der Waals surface area (Å²) in [5, 5.41) is 0. The molecule has 0 fully saturated rings. The van der Waals surface area contributed by atoms with Gasteiger partial charge in [-0.05, 0) is 30.7 Å². The molecule has 2 heteroatoms. The average molecular weight is 362 g/mol. The van der Waals surface area contributed by atoms with Crippen LogP contribution in [0.2, 0.25) is 0 Å². The summed E-state index contributed by atoms with van der Waals surface area (Å²) >= 11 is 0. The van der Waals surface area contributed by atoms with E-state index in [4.69, 9.17) is 10.5 Å². The first-order valence-corrected chi connectivity index (χ1v) is 11.3. The zero-order valence-electron chi connectivity index (χ0n) is 17.3. The van der Waals surface area contributed by atoms with Crippen molar-refractivity contribution in [3.63, 3.8) is 0 Å². The van der Waals surface area contributed by atoms with Crippen LogP contribution in [0, 0.1) is 0 Å². The molecule has 0 saturated heterocycles. The predicted molar refractivity (Wildman–Crippen MR) is 116 cm³/mol. The Hall–Kier alpha value is -1.18. The van der Waals surface area contributed by atoms with Gasteiger partial charge in [0.1, 0.15) is 5.75 Å². The Morgan fingerprint density at radius 3 is 1.38 bits per heavy atom. The van der Waals surface area contributed by atoms with Crippen molar-refractivity contribution in [2.24, 2.45) is 0 Å². The maximum absolute atomic E-state index is 5.72. The minimum atomic E-state index is 0.791. The molecule has 0 aliphatic carbocycles. The van der Waals surface area contributed by atoms with Gasteiger partial charge in [0, 0.05) is 5.69 Å². The fourth-order valence-electron chi connectivity index (χ4n) is 3.40. The lowest BCUT2D eigenvalue weighted by Gasteiger charge is -2.06. The van der Waals surface area contributed by atoms with Crippen molar-refractivity contribution in [1.29, 1.82) is 0 Å². The van der Waals surface area contributed by atoms with Crippen LogP contribution in [0.1, 0.15) is 110 Å². The smallest absolute Gasteiger partial charge is 0.119 e.